The fourth-order valence-corrected chi connectivity index (χ4v) is 4.22. The fourth-order valence-electron chi connectivity index (χ4n) is 2.95. The maximum Gasteiger partial charge on any atom is 0.234 e. The van der Waals surface area contributed by atoms with Crippen molar-refractivity contribution in [2.45, 2.75) is 5.16 Å². The SMILES string of the molecule is COc1ccc(NC(=O)CSc2nnc(-c3ccncc3)n2-c2ccc(Br)cc2)cc1Cl. The van der Waals surface area contributed by atoms with Crippen molar-refractivity contribution in [3.8, 4) is 22.8 Å². The summed E-state index contributed by atoms with van der Waals surface area (Å²) in [6.07, 6.45) is 3.41. The number of benzene rings is 2. The molecule has 2 heterocycles. The summed E-state index contributed by atoms with van der Waals surface area (Å²) in [5, 5.41) is 12.6. The third-order valence-corrected chi connectivity index (χ3v) is 6.18. The Balaban J connectivity index is 1.55. The maximum absolute atomic E-state index is 12.5. The van der Waals surface area contributed by atoms with E-state index in [1.54, 1.807) is 30.6 Å². The van der Waals surface area contributed by atoms with E-state index in [0.29, 0.717) is 27.4 Å². The first kappa shape index (κ1) is 22.3. The number of hydrogen-bond donors (Lipinski definition) is 1. The zero-order chi connectivity index (χ0) is 22.5. The van der Waals surface area contributed by atoms with Gasteiger partial charge in [0.05, 0.1) is 17.9 Å². The third-order valence-electron chi connectivity index (χ3n) is 4.42. The summed E-state index contributed by atoms with van der Waals surface area (Å²) in [6, 6.07) is 16.6. The molecule has 162 valence electrons. The fraction of sp³-hybridized carbons (Fsp3) is 0.0909. The lowest BCUT2D eigenvalue weighted by Gasteiger charge is -2.11. The van der Waals surface area contributed by atoms with E-state index in [9.17, 15) is 4.79 Å². The first-order chi connectivity index (χ1) is 15.5. The molecule has 1 N–H and O–H groups in total. The van der Waals surface area contributed by atoms with Crippen LogP contribution in [0.25, 0.3) is 17.1 Å². The molecule has 0 unspecified atom stereocenters. The van der Waals surface area contributed by atoms with E-state index in [2.05, 4.69) is 36.4 Å². The van der Waals surface area contributed by atoms with Crippen molar-refractivity contribution in [1.82, 2.24) is 19.7 Å². The summed E-state index contributed by atoms with van der Waals surface area (Å²) in [5.74, 6) is 1.17. The second-order valence-electron chi connectivity index (χ2n) is 6.54. The molecule has 0 aliphatic rings. The molecule has 2 aromatic heterocycles. The average molecular weight is 531 g/mol. The molecule has 0 fully saturated rings. The van der Waals surface area contributed by atoms with Crippen molar-refractivity contribution < 1.29 is 9.53 Å². The highest BCUT2D eigenvalue weighted by molar-refractivity contribution is 9.10. The summed E-state index contributed by atoms with van der Waals surface area (Å²) in [6.45, 7) is 0. The van der Waals surface area contributed by atoms with Crippen molar-refractivity contribution >= 4 is 50.9 Å². The van der Waals surface area contributed by atoms with Crippen molar-refractivity contribution in [3.63, 3.8) is 0 Å². The number of amides is 1. The topological polar surface area (TPSA) is 81.9 Å². The Bertz CT molecular complexity index is 1240. The number of nitrogens with one attached hydrogen (secondary N) is 1. The van der Waals surface area contributed by atoms with Crippen molar-refractivity contribution in [2.24, 2.45) is 0 Å². The van der Waals surface area contributed by atoms with Gasteiger partial charge in [0.15, 0.2) is 11.0 Å². The predicted molar refractivity (Wildman–Crippen MR) is 130 cm³/mol. The van der Waals surface area contributed by atoms with Crippen molar-refractivity contribution in [2.75, 3.05) is 18.2 Å². The normalized spacial score (nSPS) is 10.7. The molecule has 10 heteroatoms. The van der Waals surface area contributed by atoms with Crippen molar-refractivity contribution in [1.29, 1.82) is 0 Å². The molecule has 0 bridgehead atoms. The standard InChI is InChI=1S/C22H17BrClN5O2S/c1-31-19-7-4-16(12-18(19)24)26-20(30)13-32-22-28-27-21(14-8-10-25-11-9-14)29(22)17-5-2-15(23)3-6-17/h2-12H,13H2,1H3,(H,26,30). The van der Waals surface area contributed by atoms with Gasteiger partial charge in [-0.05, 0) is 54.6 Å². The Morgan fingerprint density at radius 1 is 1.12 bits per heavy atom. The van der Waals surface area contributed by atoms with Gasteiger partial charge in [0.25, 0.3) is 0 Å². The minimum absolute atomic E-state index is 0.147. The van der Waals surface area contributed by atoms with Gasteiger partial charge < -0.3 is 10.1 Å². The van der Waals surface area contributed by atoms with Crippen LogP contribution in [0, 0.1) is 0 Å². The Labute approximate surface area is 202 Å². The lowest BCUT2D eigenvalue weighted by atomic mass is 10.2. The number of nitrogens with zero attached hydrogens (tertiary/aromatic N) is 4. The molecule has 4 aromatic rings. The van der Waals surface area contributed by atoms with Crippen LogP contribution >= 0.6 is 39.3 Å². The molecule has 4 rings (SSSR count). The van der Waals surface area contributed by atoms with Gasteiger partial charge in [-0.3, -0.25) is 14.3 Å². The molecular formula is C22H17BrClN5O2S. The molecule has 7 nitrogen and oxygen atoms in total. The monoisotopic (exact) mass is 529 g/mol. The Morgan fingerprint density at radius 3 is 2.56 bits per heavy atom. The summed E-state index contributed by atoms with van der Waals surface area (Å²) < 4.78 is 8.02. The molecular weight excluding hydrogens is 514 g/mol. The van der Waals surface area contributed by atoms with Crippen LogP contribution in [0.2, 0.25) is 5.02 Å². The van der Waals surface area contributed by atoms with Gasteiger partial charge in [0.2, 0.25) is 5.91 Å². The number of anilines is 1. The first-order valence-electron chi connectivity index (χ1n) is 9.43. The second kappa shape index (κ2) is 10.2. The van der Waals surface area contributed by atoms with E-state index in [0.717, 1.165) is 15.7 Å². The van der Waals surface area contributed by atoms with Crippen LogP contribution in [0.4, 0.5) is 5.69 Å². The van der Waals surface area contributed by atoms with Gasteiger partial charge in [-0.25, -0.2) is 0 Å². The van der Waals surface area contributed by atoms with Crippen LogP contribution in [-0.4, -0.2) is 38.5 Å². The zero-order valence-electron chi connectivity index (χ0n) is 16.8. The summed E-state index contributed by atoms with van der Waals surface area (Å²) in [4.78, 5) is 16.6. The highest BCUT2D eigenvalue weighted by atomic mass is 79.9. The zero-order valence-corrected chi connectivity index (χ0v) is 20.0. The minimum Gasteiger partial charge on any atom is -0.495 e. The van der Waals surface area contributed by atoms with Crippen LogP contribution in [0.1, 0.15) is 0 Å². The molecule has 0 aliphatic heterocycles. The summed E-state index contributed by atoms with van der Waals surface area (Å²) in [7, 11) is 1.54. The van der Waals surface area contributed by atoms with Gasteiger partial charge in [0, 0.05) is 33.8 Å². The molecule has 0 saturated carbocycles. The molecule has 32 heavy (non-hydrogen) atoms. The number of halogens is 2. The molecule has 2 aromatic carbocycles. The van der Waals surface area contributed by atoms with Crippen LogP contribution < -0.4 is 10.1 Å². The third kappa shape index (κ3) is 5.12. The molecule has 0 atom stereocenters. The smallest absolute Gasteiger partial charge is 0.234 e. The number of carbonyl (C=O) groups excluding carboxylic acids is 1. The number of methoxy groups -OCH3 is 1. The van der Waals surface area contributed by atoms with Gasteiger partial charge in [-0.15, -0.1) is 10.2 Å². The van der Waals surface area contributed by atoms with Crippen LogP contribution in [0.3, 0.4) is 0 Å². The molecule has 1 amide bonds. The predicted octanol–water partition coefficient (Wildman–Crippen LogP) is 5.48. The van der Waals surface area contributed by atoms with E-state index < -0.39 is 0 Å². The Kier molecular flexibility index (Phi) is 7.09. The number of carbonyl (C=O) groups is 1. The largest absolute Gasteiger partial charge is 0.495 e. The Morgan fingerprint density at radius 2 is 1.88 bits per heavy atom. The highest BCUT2D eigenvalue weighted by Gasteiger charge is 2.17. The summed E-state index contributed by atoms with van der Waals surface area (Å²) in [5.41, 5.74) is 2.35. The van der Waals surface area contributed by atoms with E-state index in [-0.39, 0.29) is 11.7 Å². The first-order valence-corrected chi connectivity index (χ1v) is 11.6. The quantitative estimate of drug-likeness (QED) is 0.319. The molecule has 0 radical (unpaired) electrons. The average Bonchev–Trinajstić information content (AvgIpc) is 3.23. The van der Waals surface area contributed by atoms with E-state index >= 15 is 0 Å². The van der Waals surface area contributed by atoms with E-state index in [4.69, 9.17) is 16.3 Å². The van der Waals surface area contributed by atoms with Gasteiger partial charge in [0.1, 0.15) is 5.75 Å². The van der Waals surface area contributed by atoms with Gasteiger partial charge in [-0.2, -0.15) is 0 Å². The maximum atomic E-state index is 12.5. The Hall–Kier alpha value is -2.88. The van der Waals surface area contributed by atoms with Crippen LogP contribution in [0.5, 0.6) is 5.75 Å². The molecule has 0 aliphatic carbocycles. The number of pyridine rings is 1. The number of aromatic nitrogens is 4. The number of rotatable bonds is 7. The van der Waals surface area contributed by atoms with E-state index in [1.165, 1.54) is 18.9 Å². The number of thioether (sulfide) groups is 1. The molecule has 0 saturated heterocycles. The van der Waals surface area contributed by atoms with Crippen molar-refractivity contribution in [3.05, 3.63) is 76.5 Å². The lowest BCUT2D eigenvalue weighted by molar-refractivity contribution is -0.113. The van der Waals surface area contributed by atoms with E-state index in [1.807, 2.05) is 41.0 Å². The minimum atomic E-state index is -0.188. The molecule has 0 spiro atoms. The van der Waals surface area contributed by atoms with Crippen LogP contribution in [-0.2, 0) is 4.79 Å². The number of ether oxygens (including phenoxy) is 1. The lowest BCUT2D eigenvalue weighted by Crippen LogP contribution is -2.14. The van der Waals surface area contributed by atoms with Gasteiger partial charge >= 0.3 is 0 Å². The van der Waals surface area contributed by atoms with Crippen LogP contribution in [0.15, 0.2) is 76.6 Å². The number of hydrogen-bond acceptors (Lipinski definition) is 6. The second-order valence-corrected chi connectivity index (χ2v) is 8.81. The highest BCUT2D eigenvalue weighted by Crippen LogP contribution is 2.30. The van der Waals surface area contributed by atoms with Gasteiger partial charge in [-0.1, -0.05) is 39.3 Å². The summed E-state index contributed by atoms with van der Waals surface area (Å²) >= 11 is 10.9.